The summed E-state index contributed by atoms with van der Waals surface area (Å²) in [7, 11) is 0. The van der Waals surface area contributed by atoms with E-state index >= 15 is 0 Å². The van der Waals surface area contributed by atoms with Crippen molar-refractivity contribution in [3.8, 4) is 0 Å². The van der Waals surface area contributed by atoms with E-state index in [9.17, 15) is 9.90 Å². The zero-order valence-corrected chi connectivity index (χ0v) is 11.4. The molecule has 1 aliphatic heterocycles. The molecule has 4 nitrogen and oxygen atoms in total. The van der Waals surface area contributed by atoms with Crippen molar-refractivity contribution in [1.29, 1.82) is 0 Å². The van der Waals surface area contributed by atoms with Gasteiger partial charge in [-0.15, -0.1) is 0 Å². The monoisotopic (exact) mass is 242 g/mol. The molecular formula is C13H26N2O2. The number of β-amino-alcohol motifs (C(OH)–C–C–N with tert-alkyl or cyclic N) is 1. The smallest absolute Gasteiger partial charge is 0.239 e. The van der Waals surface area contributed by atoms with Crippen LogP contribution in [-0.4, -0.2) is 47.2 Å². The van der Waals surface area contributed by atoms with Crippen LogP contribution < -0.4 is 5.32 Å². The molecule has 2 atom stereocenters. The molecule has 1 heterocycles. The average molecular weight is 242 g/mol. The first kappa shape index (κ1) is 14.5. The summed E-state index contributed by atoms with van der Waals surface area (Å²) in [5, 5.41) is 13.1. The Balaban J connectivity index is 2.53. The molecule has 1 amide bonds. The van der Waals surface area contributed by atoms with Crippen LogP contribution in [0.5, 0.6) is 0 Å². The lowest BCUT2D eigenvalue weighted by molar-refractivity contribution is -0.138. The van der Waals surface area contributed by atoms with Gasteiger partial charge in [0.25, 0.3) is 0 Å². The van der Waals surface area contributed by atoms with Crippen LogP contribution in [0, 0.1) is 5.92 Å². The fourth-order valence-corrected chi connectivity index (χ4v) is 2.12. The highest BCUT2D eigenvalue weighted by Gasteiger charge is 2.30. The van der Waals surface area contributed by atoms with Crippen LogP contribution in [0.1, 0.15) is 40.5 Å². The van der Waals surface area contributed by atoms with Gasteiger partial charge >= 0.3 is 0 Å². The predicted molar refractivity (Wildman–Crippen MR) is 68.7 cm³/mol. The van der Waals surface area contributed by atoms with E-state index in [-0.39, 0.29) is 17.9 Å². The van der Waals surface area contributed by atoms with Crippen molar-refractivity contribution in [3.05, 3.63) is 0 Å². The molecule has 1 saturated heterocycles. The highest BCUT2D eigenvalue weighted by molar-refractivity contribution is 5.82. The Hall–Kier alpha value is -0.610. The lowest BCUT2D eigenvalue weighted by Crippen LogP contribution is -2.54. The standard InChI is InChI=1S/C13H26N2O2/c1-9(2)12(16)8-15-7-5-6-11(13(15)17)14-10(3)4/h9-12,14,16H,5-8H2,1-4H3. The largest absolute Gasteiger partial charge is 0.391 e. The van der Waals surface area contributed by atoms with Gasteiger partial charge < -0.3 is 15.3 Å². The van der Waals surface area contributed by atoms with E-state index in [1.165, 1.54) is 0 Å². The Kier molecular flexibility index (Phi) is 5.40. The van der Waals surface area contributed by atoms with Crippen LogP contribution in [0.4, 0.5) is 0 Å². The number of piperidine rings is 1. The molecule has 0 spiro atoms. The van der Waals surface area contributed by atoms with Gasteiger partial charge in [-0.3, -0.25) is 4.79 Å². The summed E-state index contributed by atoms with van der Waals surface area (Å²) in [5.41, 5.74) is 0. The number of hydrogen-bond acceptors (Lipinski definition) is 3. The van der Waals surface area contributed by atoms with E-state index in [2.05, 4.69) is 19.2 Å². The molecule has 0 aromatic rings. The van der Waals surface area contributed by atoms with Crippen molar-refractivity contribution >= 4 is 5.91 Å². The third-order valence-corrected chi connectivity index (χ3v) is 3.24. The maximum atomic E-state index is 12.2. The van der Waals surface area contributed by atoms with Crippen LogP contribution in [0.3, 0.4) is 0 Å². The zero-order valence-electron chi connectivity index (χ0n) is 11.4. The average Bonchev–Trinajstić information content (AvgIpc) is 2.23. The van der Waals surface area contributed by atoms with Crippen molar-refractivity contribution in [2.75, 3.05) is 13.1 Å². The van der Waals surface area contributed by atoms with Gasteiger partial charge in [0.15, 0.2) is 0 Å². The van der Waals surface area contributed by atoms with E-state index in [0.717, 1.165) is 19.4 Å². The molecule has 2 unspecified atom stereocenters. The van der Waals surface area contributed by atoms with Crippen molar-refractivity contribution < 1.29 is 9.90 Å². The summed E-state index contributed by atoms with van der Waals surface area (Å²) in [6.07, 6.45) is 1.50. The molecular weight excluding hydrogens is 216 g/mol. The third kappa shape index (κ3) is 4.28. The van der Waals surface area contributed by atoms with Gasteiger partial charge in [-0.1, -0.05) is 27.7 Å². The molecule has 1 aliphatic rings. The molecule has 1 rings (SSSR count). The molecule has 2 N–H and O–H groups in total. The fraction of sp³-hybridized carbons (Fsp3) is 0.923. The quantitative estimate of drug-likeness (QED) is 0.756. The Morgan fingerprint density at radius 1 is 1.41 bits per heavy atom. The minimum Gasteiger partial charge on any atom is -0.391 e. The SMILES string of the molecule is CC(C)NC1CCCN(CC(O)C(C)C)C1=O. The lowest BCUT2D eigenvalue weighted by atomic mass is 10.0. The Labute approximate surface area is 104 Å². The molecule has 4 heteroatoms. The number of hydrogen-bond donors (Lipinski definition) is 2. The topological polar surface area (TPSA) is 52.6 Å². The van der Waals surface area contributed by atoms with Gasteiger partial charge in [0.05, 0.1) is 12.1 Å². The number of aliphatic hydroxyl groups excluding tert-OH is 1. The highest BCUT2D eigenvalue weighted by atomic mass is 16.3. The predicted octanol–water partition coefficient (Wildman–Crippen LogP) is 0.992. The second-order valence-corrected chi connectivity index (χ2v) is 5.61. The highest BCUT2D eigenvalue weighted by Crippen LogP contribution is 2.14. The Morgan fingerprint density at radius 3 is 2.59 bits per heavy atom. The van der Waals surface area contributed by atoms with Crippen molar-refractivity contribution in [2.24, 2.45) is 5.92 Å². The molecule has 1 fully saturated rings. The van der Waals surface area contributed by atoms with Gasteiger partial charge in [-0.05, 0) is 18.8 Å². The summed E-state index contributed by atoms with van der Waals surface area (Å²) in [4.78, 5) is 14.0. The number of rotatable bonds is 5. The first-order valence-corrected chi connectivity index (χ1v) is 6.64. The molecule has 100 valence electrons. The molecule has 17 heavy (non-hydrogen) atoms. The number of aliphatic hydroxyl groups is 1. The molecule has 0 radical (unpaired) electrons. The first-order chi connectivity index (χ1) is 7.91. The number of likely N-dealkylation sites (tertiary alicyclic amines) is 1. The van der Waals surface area contributed by atoms with Crippen molar-refractivity contribution in [2.45, 2.75) is 58.7 Å². The molecule has 0 bridgehead atoms. The molecule has 0 saturated carbocycles. The second kappa shape index (κ2) is 6.36. The first-order valence-electron chi connectivity index (χ1n) is 6.64. The summed E-state index contributed by atoms with van der Waals surface area (Å²) >= 11 is 0. The van der Waals surface area contributed by atoms with Gasteiger partial charge in [0.2, 0.25) is 5.91 Å². The normalized spacial score (nSPS) is 23.6. The van der Waals surface area contributed by atoms with E-state index in [1.807, 2.05) is 13.8 Å². The summed E-state index contributed by atoms with van der Waals surface area (Å²) in [5.74, 6) is 0.339. The van der Waals surface area contributed by atoms with E-state index in [4.69, 9.17) is 0 Å². The van der Waals surface area contributed by atoms with E-state index < -0.39 is 6.10 Å². The lowest BCUT2D eigenvalue weighted by Gasteiger charge is -2.35. The Bertz CT molecular complexity index is 254. The number of amides is 1. The molecule has 0 aromatic heterocycles. The van der Waals surface area contributed by atoms with E-state index in [1.54, 1.807) is 4.90 Å². The third-order valence-electron chi connectivity index (χ3n) is 3.24. The number of nitrogens with one attached hydrogen (secondary N) is 1. The number of nitrogens with zero attached hydrogens (tertiary/aromatic N) is 1. The van der Waals surface area contributed by atoms with Gasteiger partial charge in [0.1, 0.15) is 0 Å². The zero-order chi connectivity index (χ0) is 13.0. The van der Waals surface area contributed by atoms with Crippen LogP contribution in [0.2, 0.25) is 0 Å². The van der Waals surface area contributed by atoms with Gasteiger partial charge in [0, 0.05) is 19.1 Å². The Morgan fingerprint density at radius 2 is 2.06 bits per heavy atom. The van der Waals surface area contributed by atoms with Gasteiger partial charge in [-0.2, -0.15) is 0 Å². The maximum Gasteiger partial charge on any atom is 0.239 e. The number of carbonyl (C=O) groups is 1. The van der Waals surface area contributed by atoms with Crippen LogP contribution in [0.15, 0.2) is 0 Å². The van der Waals surface area contributed by atoms with Crippen LogP contribution in [0.25, 0.3) is 0 Å². The van der Waals surface area contributed by atoms with Crippen molar-refractivity contribution in [1.82, 2.24) is 10.2 Å². The summed E-state index contributed by atoms with van der Waals surface area (Å²) in [6, 6.07) is 0.252. The summed E-state index contributed by atoms with van der Waals surface area (Å²) in [6.45, 7) is 9.29. The number of carbonyl (C=O) groups excluding carboxylic acids is 1. The van der Waals surface area contributed by atoms with Crippen molar-refractivity contribution in [3.63, 3.8) is 0 Å². The van der Waals surface area contributed by atoms with Gasteiger partial charge in [-0.25, -0.2) is 0 Å². The molecule has 0 aliphatic carbocycles. The summed E-state index contributed by atoms with van der Waals surface area (Å²) < 4.78 is 0. The minimum atomic E-state index is -0.420. The fourth-order valence-electron chi connectivity index (χ4n) is 2.12. The maximum absolute atomic E-state index is 12.2. The second-order valence-electron chi connectivity index (χ2n) is 5.61. The van der Waals surface area contributed by atoms with E-state index in [0.29, 0.717) is 12.6 Å². The molecule has 0 aromatic carbocycles. The minimum absolute atomic E-state index is 0.0666. The van der Waals surface area contributed by atoms with Crippen LogP contribution >= 0.6 is 0 Å². The van der Waals surface area contributed by atoms with Crippen LogP contribution in [-0.2, 0) is 4.79 Å².